The van der Waals surface area contributed by atoms with Crippen LogP contribution in [0.5, 0.6) is 0 Å². The summed E-state index contributed by atoms with van der Waals surface area (Å²) in [5, 5.41) is 8.23. The van der Waals surface area contributed by atoms with Crippen molar-refractivity contribution in [2.24, 2.45) is 5.14 Å². The number of rotatable bonds is 3. The van der Waals surface area contributed by atoms with Gasteiger partial charge in [-0.15, -0.1) is 0 Å². The van der Waals surface area contributed by atoms with E-state index >= 15 is 0 Å². The van der Waals surface area contributed by atoms with Gasteiger partial charge in [-0.2, -0.15) is 19.0 Å². The predicted octanol–water partition coefficient (Wildman–Crippen LogP) is 0.468. The molecule has 0 saturated heterocycles. The van der Waals surface area contributed by atoms with E-state index in [0.717, 1.165) is 10.9 Å². The third-order valence-corrected chi connectivity index (χ3v) is 3.11. The summed E-state index contributed by atoms with van der Waals surface area (Å²) in [7, 11) is -4.19. The number of fused-ring (bicyclic) bond motifs is 1. The van der Waals surface area contributed by atoms with E-state index in [-0.39, 0.29) is 5.65 Å². The molecule has 2 heterocycles. The molecule has 2 aromatic heterocycles. The number of imidazole rings is 1. The maximum absolute atomic E-state index is 13.4. The number of halogens is 1. The Morgan fingerprint density at radius 1 is 1.47 bits per heavy atom. The van der Waals surface area contributed by atoms with Crippen molar-refractivity contribution in [1.82, 2.24) is 14.6 Å². The Morgan fingerprint density at radius 3 is 2.76 bits per heavy atom. The fourth-order valence-electron chi connectivity index (χ4n) is 1.55. The SMILES string of the molecule is CCCc1ccc2nc(F)c(S(N)(=O)=O)n2n1. The molecule has 0 unspecified atom stereocenters. The van der Waals surface area contributed by atoms with Gasteiger partial charge in [-0.25, -0.2) is 13.6 Å². The smallest absolute Gasteiger partial charge is 0.223 e. The Morgan fingerprint density at radius 2 is 2.18 bits per heavy atom. The molecule has 0 spiro atoms. The van der Waals surface area contributed by atoms with E-state index in [4.69, 9.17) is 5.14 Å². The summed E-state index contributed by atoms with van der Waals surface area (Å²) in [4.78, 5) is 3.46. The molecule has 0 atom stereocenters. The molecule has 0 aliphatic heterocycles. The summed E-state index contributed by atoms with van der Waals surface area (Å²) in [6.07, 6.45) is 1.51. The van der Waals surface area contributed by atoms with Crippen LogP contribution >= 0.6 is 0 Å². The lowest BCUT2D eigenvalue weighted by Crippen LogP contribution is -2.17. The molecule has 0 aliphatic carbocycles. The van der Waals surface area contributed by atoms with Crippen molar-refractivity contribution in [1.29, 1.82) is 0 Å². The highest BCUT2D eigenvalue weighted by molar-refractivity contribution is 7.89. The third kappa shape index (κ3) is 2.13. The summed E-state index contributed by atoms with van der Waals surface area (Å²) in [5.41, 5.74) is 0.772. The number of aryl methyl sites for hydroxylation is 1. The van der Waals surface area contributed by atoms with E-state index in [0.29, 0.717) is 12.1 Å². The zero-order chi connectivity index (χ0) is 12.6. The van der Waals surface area contributed by atoms with E-state index < -0.39 is 21.0 Å². The Labute approximate surface area is 97.3 Å². The summed E-state index contributed by atoms with van der Waals surface area (Å²) in [5.74, 6) is -1.13. The van der Waals surface area contributed by atoms with E-state index in [1.54, 1.807) is 6.07 Å². The van der Waals surface area contributed by atoms with Gasteiger partial charge in [-0.05, 0) is 18.6 Å². The summed E-state index contributed by atoms with van der Waals surface area (Å²) >= 11 is 0. The van der Waals surface area contributed by atoms with Crippen molar-refractivity contribution in [3.63, 3.8) is 0 Å². The maximum Gasteiger partial charge on any atom is 0.260 e. The average Bonchev–Trinajstić information content (AvgIpc) is 2.53. The second kappa shape index (κ2) is 4.04. The number of sulfonamides is 1. The van der Waals surface area contributed by atoms with E-state index in [9.17, 15) is 12.8 Å². The zero-order valence-electron chi connectivity index (χ0n) is 9.09. The number of nitrogens with two attached hydrogens (primary N) is 1. The minimum atomic E-state index is -4.19. The molecule has 0 fully saturated rings. The van der Waals surface area contributed by atoms with Crippen LogP contribution in [0.1, 0.15) is 19.0 Å². The average molecular weight is 258 g/mol. The Kier molecular flexibility index (Phi) is 2.84. The molecule has 0 aromatic carbocycles. The van der Waals surface area contributed by atoms with Crippen molar-refractivity contribution in [2.45, 2.75) is 24.8 Å². The highest BCUT2D eigenvalue weighted by Crippen LogP contribution is 2.14. The fourth-order valence-corrected chi connectivity index (χ4v) is 2.21. The number of primary sulfonamides is 1. The summed E-state index contributed by atoms with van der Waals surface area (Å²) in [6, 6.07) is 3.19. The van der Waals surface area contributed by atoms with Gasteiger partial charge >= 0.3 is 0 Å². The van der Waals surface area contributed by atoms with Crippen LogP contribution in [-0.4, -0.2) is 23.0 Å². The Bertz CT molecular complexity index is 665. The molecule has 0 radical (unpaired) electrons. The van der Waals surface area contributed by atoms with Crippen LogP contribution in [0.4, 0.5) is 4.39 Å². The zero-order valence-corrected chi connectivity index (χ0v) is 9.91. The molecule has 0 aliphatic rings. The molecule has 0 amide bonds. The van der Waals surface area contributed by atoms with Crippen LogP contribution in [0, 0.1) is 5.95 Å². The van der Waals surface area contributed by atoms with Crippen molar-refractivity contribution in [2.75, 3.05) is 0 Å². The number of nitrogens with zero attached hydrogens (tertiary/aromatic N) is 3. The minimum Gasteiger partial charge on any atom is -0.223 e. The molecule has 2 rings (SSSR count). The van der Waals surface area contributed by atoms with E-state index in [1.807, 2.05) is 6.92 Å². The molecule has 17 heavy (non-hydrogen) atoms. The number of hydrogen-bond donors (Lipinski definition) is 1. The summed E-state index contributed by atoms with van der Waals surface area (Å²) in [6.45, 7) is 1.96. The third-order valence-electron chi connectivity index (χ3n) is 2.23. The van der Waals surface area contributed by atoms with E-state index in [1.165, 1.54) is 6.07 Å². The quantitative estimate of drug-likeness (QED) is 0.866. The molecule has 92 valence electrons. The molecule has 6 nitrogen and oxygen atoms in total. The Balaban J connectivity index is 2.74. The standard InChI is InChI=1S/C9H11FN4O2S/c1-2-3-6-4-5-7-12-8(10)9(14(7)13-6)17(11,15)16/h4-5H,2-3H2,1H3,(H2,11,15,16). The Hall–Kier alpha value is -1.54. The second-order valence-electron chi connectivity index (χ2n) is 3.60. The molecular weight excluding hydrogens is 247 g/mol. The van der Waals surface area contributed by atoms with Crippen LogP contribution in [-0.2, 0) is 16.4 Å². The van der Waals surface area contributed by atoms with Crippen LogP contribution in [0.3, 0.4) is 0 Å². The van der Waals surface area contributed by atoms with Gasteiger partial charge in [0.25, 0.3) is 16.0 Å². The molecule has 2 N–H and O–H groups in total. The van der Waals surface area contributed by atoms with Crippen LogP contribution < -0.4 is 5.14 Å². The first-order chi connectivity index (χ1) is 7.93. The minimum absolute atomic E-state index is 0.117. The predicted molar refractivity (Wildman–Crippen MR) is 58.3 cm³/mol. The number of aromatic nitrogens is 3. The highest BCUT2D eigenvalue weighted by atomic mass is 32.2. The van der Waals surface area contributed by atoms with Gasteiger partial charge in [-0.1, -0.05) is 13.3 Å². The maximum atomic E-state index is 13.4. The first-order valence-corrected chi connectivity index (χ1v) is 6.55. The van der Waals surface area contributed by atoms with Crippen LogP contribution in [0.2, 0.25) is 0 Å². The van der Waals surface area contributed by atoms with Gasteiger partial charge in [0.05, 0.1) is 5.69 Å². The normalized spacial score (nSPS) is 12.2. The number of hydrogen-bond acceptors (Lipinski definition) is 4. The summed E-state index contributed by atoms with van der Waals surface area (Å²) < 4.78 is 36.8. The lowest BCUT2D eigenvalue weighted by Gasteiger charge is -2.01. The van der Waals surface area contributed by atoms with Crippen LogP contribution in [0.15, 0.2) is 17.2 Å². The van der Waals surface area contributed by atoms with Gasteiger partial charge in [0.2, 0.25) is 5.03 Å². The van der Waals surface area contributed by atoms with Gasteiger partial charge in [0.1, 0.15) is 0 Å². The fraction of sp³-hybridized carbons (Fsp3) is 0.333. The lowest BCUT2D eigenvalue weighted by molar-refractivity contribution is 0.532. The first kappa shape index (κ1) is 11.9. The van der Waals surface area contributed by atoms with Crippen molar-refractivity contribution >= 4 is 15.7 Å². The molecular formula is C9H11FN4O2S. The van der Waals surface area contributed by atoms with Gasteiger partial charge in [0.15, 0.2) is 5.65 Å². The van der Waals surface area contributed by atoms with Gasteiger partial charge in [-0.3, -0.25) is 0 Å². The van der Waals surface area contributed by atoms with Gasteiger partial charge in [0, 0.05) is 0 Å². The van der Waals surface area contributed by atoms with Crippen molar-refractivity contribution < 1.29 is 12.8 Å². The highest BCUT2D eigenvalue weighted by Gasteiger charge is 2.23. The van der Waals surface area contributed by atoms with Gasteiger partial charge < -0.3 is 0 Å². The topological polar surface area (TPSA) is 90.3 Å². The largest absolute Gasteiger partial charge is 0.260 e. The molecule has 0 saturated carbocycles. The van der Waals surface area contributed by atoms with Crippen molar-refractivity contribution in [3.8, 4) is 0 Å². The van der Waals surface area contributed by atoms with Crippen molar-refractivity contribution in [3.05, 3.63) is 23.8 Å². The molecule has 8 heteroatoms. The first-order valence-electron chi connectivity index (χ1n) is 5.00. The lowest BCUT2D eigenvalue weighted by atomic mass is 10.2. The second-order valence-corrected chi connectivity index (χ2v) is 5.07. The molecule has 0 bridgehead atoms. The molecule has 2 aromatic rings. The monoisotopic (exact) mass is 258 g/mol. The van der Waals surface area contributed by atoms with Crippen LogP contribution in [0.25, 0.3) is 5.65 Å². The van der Waals surface area contributed by atoms with E-state index in [2.05, 4.69) is 10.1 Å².